The molecule has 2 amide bonds. The molecule has 0 heterocycles. The highest BCUT2D eigenvalue weighted by molar-refractivity contribution is 9.10. The summed E-state index contributed by atoms with van der Waals surface area (Å²) in [6.45, 7) is 0. The molecule has 0 aliphatic heterocycles. The maximum absolute atomic E-state index is 11.6. The van der Waals surface area contributed by atoms with Gasteiger partial charge < -0.3 is 10.6 Å². The number of nitrogens with one attached hydrogen (secondary N) is 2. The van der Waals surface area contributed by atoms with Gasteiger partial charge in [0.25, 0.3) is 0 Å². The number of benzene rings is 2. The zero-order valence-electron chi connectivity index (χ0n) is 10.1. The number of para-hydroxylation sites is 1. The van der Waals surface area contributed by atoms with Gasteiger partial charge in [-0.05, 0) is 35.9 Å². The molecule has 0 aliphatic carbocycles. The summed E-state index contributed by atoms with van der Waals surface area (Å²) in [7, 11) is 0. The lowest BCUT2D eigenvalue weighted by Crippen LogP contribution is -2.23. The molecule has 96 valence electrons. The van der Waals surface area contributed by atoms with E-state index in [1.807, 2.05) is 60.7 Å². The van der Waals surface area contributed by atoms with Crippen molar-refractivity contribution in [1.29, 1.82) is 0 Å². The van der Waals surface area contributed by atoms with Crippen LogP contribution in [0.1, 0.15) is 5.56 Å². The Morgan fingerprint density at radius 2 is 1.68 bits per heavy atom. The minimum absolute atomic E-state index is 0.264. The molecule has 3 nitrogen and oxygen atoms in total. The van der Waals surface area contributed by atoms with E-state index in [0.29, 0.717) is 0 Å². The van der Waals surface area contributed by atoms with E-state index >= 15 is 0 Å². The van der Waals surface area contributed by atoms with Crippen LogP contribution in [0.15, 0.2) is 65.3 Å². The smallest absolute Gasteiger partial charge is 0.314 e. The molecule has 0 aromatic heterocycles. The van der Waals surface area contributed by atoms with Crippen molar-refractivity contribution in [2.24, 2.45) is 0 Å². The Morgan fingerprint density at radius 1 is 1.00 bits per heavy atom. The molecule has 0 atom stereocenters. The molecule has 2 N–H and O–H groups in total. The SMILES string of the molecule is O=C(N/C=C/c1ccc(Br)cc1)Nc1ccccc1. The minimum Gasteiger partial charge on any atom is -0.314 e. The first kappa shape index (κ1) is 13.4. The van der Waals surface area contributed by atoms with Crippen molar-refractivity contribution < 1.29 is 4.79 Å². The van der Waals surface area contributed by atoms with Gasteiger partial charge in [-0.2, -0.15) is 0 Å². The first-order valence-corrected chi connectivity index (χ1v) is 6.58. The van der Waals surface area contributed by atoms with Crippen molar-refractivity contribution in [1.82, 2.24) is 5.32 Å². The number of halogens is 1. The highest BCUT2D eigenvalue weighted by Crippen LogP contribution is 2.11. The normalized spacial score (nSPS) is 10.4. The van der Waals surface area contributed by atoms with E-state index in [1.165, 1.54) is 0 Å². The zero-order chi connectivity index (χ0) is 13.5. The van der Waals surface area contributed by atoms with Crippen molar-refractivity contribution in [2.45, 2.75) is 0 Å². The molecule has 0 fully saturated rings. The van der Waals surface area contributed by atoms with Crippen LogP contribution in [-0.2, 0) is 0 Å². The van der Waals surface area contributed by atoms with Gasteiger partial charge in [0, 0.05) is 16.4 Å². The second-order valence-corrected chi connectivity index (χ2v) is 4.77. The Bertz CT molecular complexity index is 564. The number of rotatable bonds is 3. The van der Waals surface area contributed by atoms with Crippen LogP contribution < -0.4 is 10.6 Å². The van der Waals surface area contributed by atoms with Crippen LogP contribution in [0.2, 0.25) is 0 Å². The first-order chi connectivity index (χ1) is 9.24. The quantitative estimate of drug-likeness (QED) is 0.873. The van der Waals surface area contributed by atoms with Gasteiger partial charge in [-0.1, -0.05) is 46.3 Å². The molecule has 2 rings (SSSR count). The summed E-state index contributed by atoms with van der Waals surface area (Å²) in [5.74, 6) is 0. The minimum atomic E-state index is -0.264. The first-order valence-electron chi connectivity index (χ1n) is 5.79. The number of hydrogen-bond acceptors (Lipinski definition) is 1. The maximum Gasteiger partial charge on any atom is 0.323 e. The van der Waals surface area contributed by atoms with Gasteiger partial charge in [-0.15, -0.1) is 0 Å². The maximum atomic E-state index is 11.6. The molecule has 0 spiro atoms. The van der Waals surface area contributed by atoms with E-state index in [-0.39, 0.29) is 6.03 Å². The fraction of sp³-hybridized carbons (Fsp3) is 0. The summed E-state index contributed by atoms with van der Waals surface area (Å²) >= 11 is 3.37. The Labute approximate surface area is 120 Å². The van der Waals surface area contributed by atoms with Crippen molar-refractivity contribution in [3.8, 4) is 0 Å². The Hall–Kier alpha value is -2.07. The summed E-state index contributed by atoms with van der Waals surface area (Å²) in [5.41, 5.74) is 1.78. The third-order valence-corrected chi connectivity index (χ3v) is 2.92. The van der Waals surface area contributed by atoms with Crippen molar-refractivity contribution in [3.05, 3.63) is 70.8 Å². The third-order valence-electron chi connectivity index (χ3n) is 2.39. The average Bonchev–Trinajstić information content (AvgIpc) is 2.42. The van der Waals surface area contributed by atoms with Gasteiger partial charge in [-0.3, -0.25) is 0 Å². The Morgan fingerprint density at radius 3 is 2.37 bits per heavy atom. The number of carbonyl (C=O) groups is 1. The lowest BCUT2D eigenvalue weighted by atomic mass is 10.2. The molecule has 0 saturated heterocycles. The number of anilines is 1. The van der Waals surface area contributed by atoms with E-state index in [4.69, 9.17) is 0 Å². The van der Waals surface area contributed by atoms with Crippen LogP contribution in [0.4, 0.5) is 10.5 Å². The summed E-state index contributed by atoms with van der Waals surface area (Å²) in [5, 5.41) is 5.38. The average molecular weight is 317 g/mol. The largest absolute Gasteiger partial charge is 0.323 e. The second kappa shape index (κ2) is 6.75. The van der Waals surface area contributed by atoms with Crippen LogP contribution in [0.3, 0.4) is 0 Å². The van der Waals surface area contributed by atoms with Crippen LogP contribution in [0, 0.1) is 0 Å². The van der Waals surface area contributed by atoms with Gasteiger partial charge in [-0.25, -0.2) is 4.79 Å². The molecule has 0 unspecified atom stereocenters. The van der Waals surface area contributed by atoms with E-state index in [2.05, 4.69) is 26.6 Å². The van der Waals surface area contributed by atoms with Gasteiger partial charge in [0.05, 0.1) is 0 Å². The molecule has 19 heavy (non-hydrogen) atoms. The number of urea groups is 1. The van der Waals surface area contributed by atoms with Crippen LogP contribution in [-0.4, -0.2) is 6.03 Å². The second-order valence-electron chi connectivity index (χ2n) is 3.85. The number of hydrogen-bond donors (Lipinski definition) is 2. The molecule has 0 aliphatic rings. The Balaban J connectivity index is 1.85. The standard InChI is InChI=1S/C15H13BrN2O/c16-13-8-6-12(7-9-13)10-11-17-15(19)18-14-4-2-1-3-5-14/h1-11H,(H2,17,18,19)/b11-10+. The van der Waals surface area contributed by atoms with Gasteiger partial charge in [0.2, 0.25) is 0 Å². The number of amides is 2. The Kier molecular flexibility index (Phi) is 4.75. The summed E-state index contributed by atoms with van der Waals surface area (Å²) < 4.78 is 1.03. The molecule has 0 bridgehead atoms. The number of carbonyl (C=O) groups excluding carboxylic acids is 1. The van der Waals surface area contributed by atoms with Gasteiger partial charge >= 0.3 is 6.03 Å². The van der Waals surface area contributed by atoms with E-state index < -0.39 is 0 Å². The molecule has 0 saturated carbocycles. The van der Waals surface area contributed by atoms with Gasteiger partial charge in [0.1, 0.15) is 0 Å². The lowest BCUT2D eigenvalue weighted by molar-refractivity contribution is 0.255. The molecular formula is C15H13BrN2O. The lowest BCUT2D eigenvalue weighted by Gasteiger charge is -2.03. The summed E-state index contributed by atoms with van der Waals surface area (Å²) in [6, 6.07) is 16.8. The monoisotopic (exact) mass is 316 g/mol. The third kappa shape index (κ3) is 4.60. The highest BCUT2D eigenvalue weighted by atomic mass is 79.9. The van der Waals surface area contributed by atoms with Crippen molar-refractivity contribution in [3.63, 3.8) is 0 Å². The van der Waals surface area contributed by atoms with Crippen molar-refractivity contribution >= 4 is 33.7 Å². The fourth-order valence-corrected chi connectivity index (χ4v) is 1.74. The highest BCUT2D eigenvalue weighted by Gasteiger charge is 1.97. The van der Waals surface area contributed by atoms with E-state index in [1.54, 1.807) is 6.20 Å². The van der Waals surface area contributed by atoms with Crippen LogP contribution in [0.5, 0.6) is 0 Å². The molecule has 0 radical (unpaired) electrons. The molecular weight excluding hydrogens is 304 g/mol. The fourth-order valence-electron chi connectivity index (χ4n) is 1.48. The molecule has 2 aromatic rings. The zero-order valence-corrected chi connectivity index (χ0v) is 11.7. The van der Waals surface area contributed by atoms with Crippen LogP contribution >= 0.6 is 15.9 Å². The van der Waals surface area contributed by atoms with Crippen molar-refractivity contribution in [2.75, 3.05) is 5.32 Å². The van der Waals surface area contributed by atoms with Gasteiger partial charge in [0.15, 0.2) is 0 Å². The topological polar surface area (TPSA) is 41.1 Å². The van der Waals surface area contributed by atoms with Crippen LogP contribution in [0.25, 0.3) is 6.08 Å². The van der Waals surface area contributed by atoms with E-state index in [9.17, 15) is 4.79 Å². The summed E-state index contributed by atoms with van der Waals surface area (Å²) in [4.78, 5) is 11.6. The predicted octanol–water partition coefficient (Wildman–Crippen LogP) is 4.24. The predicted molar refractivity (Wildman–Crippen MR) is 81.8 cm³/mol. The molecule has 4 heteroatoms. The summed E-state index contributed by atoms with van der Waals surface area (Å²) in [6.07, 6.45) is 3.44. The van der Waals surface area contributed by atoms with E-state index in [0.717, 1.165) is 15.7 Å². The molecule has 2 aromatic carbocycles.